The van der Waals surface area contributed by atoms with Crippen LogP contribution in [0.2, 0.25) is 0 Å². The molecule has 0 amide bonds. The second kappa shape index (κ2) is 5.71. The topological polar surface area (TPSA) is 46.0 Å². The Balaban J connectivity index is 1.77. The Hall–Kier alpha value is -1.74. The first-order valence-corrected chi connectivity index (χ1v) is 7.28. The molecule has 3 heteroatoms. The predicted molar refractivity (Wildman–Crippen MR) is 78.5 cm³/mol. The van der Waals surface area contributed by atoms with Crippen LogP contribution in [-0.4, -0.2) is 15.1 Å². The zero-order valence-corrected chi connectivity index (χ0v) is 11.8. The van der Waals surface area contributed by atoms with Crippen molar-refractivity contribution in [2.24, 2.45) is 0 Å². The molecule has 1 aromatic heterocycles. The molecule has 3 rings (SSSR count). The van der Waals surface area contributed by atoms with Crippen LogP contribution in [0.25, 0.3) is 0 Å². The molecule has 0 radical (unpaired) electrons. The third kappa shape index (κ3) is 2.73. The van der Waals surface area contributed by atoms with Crippen molar-refractivity contribution in [1.29, 1.82) is 0 Å². The molecular formula is C17H20N2O. The van der Waals surface area contributed by atoms with E-state index in [9.17, 15) is 5.11 Å². The quantitative estimate of drug-likeness (QED) is 0.928. The van der Waals surface area contributed by atoms with E-state index in [1.807, 2.05) is 6.92 Å². The summed E-state index contributed by atoms with van der Waals surface area (Å²) in [7, 11) is 0. The van der Waals surface area contributed by atoms with E-state index in [4.69, 9.17) is 0 Å². The van der Waals surface area contributed by atoms with Gasteiger partial charge >= 0.3 is 0 Å². The van der Waals surface area contributed by atoms with Gasteiger partial charge in [0.2, 0.25) is 0 Å². The number of nitrogens with zero attached hydrogens (tertiary/aromatic N) is 2. The van der Waals surface area contributed by atoms with Crippen molar-refractivity contribution in [3.8, 4) is 0 Å². The fraction of sp³-hybridized carbons (Fsp3) is 0.412. The number of hydrogen-bond acceptors (Lipinski definition) is 3. The van der Waals surface area contributed by atoms with Gasteiger partial charge < -0.3 is 5.11 Å². The highest BCUT2D eigenvalue weighted by Gasteiger charge is 2.24. The Bertz CT molecular complexity index is 580. The number of hydrogen-bond donors (Lipinski definition) is 1. The largest absolute Gasteiger partial charge is 0.385 e. The number of rotatable bonds is 3. The Labute approximate surface area is 119 Å². The molecule has 104 valence electrons. The first-order chi connectivity index (χ1) is 9.74. The van der Waals surface area contributed by atoms with Crippen LogP contribution in [0.5, 0.6) is 0 Å². The molecule has 0 aliphatic heterocycles. The lowest BCUT2D eigenvalue weighted by atomic mass is 9.80. The lowest BCUT2D eigenvalue weighted by Gasteiger charge is -2.26. The lowest BCUT2D eigenvalue weighted by molar-refractivity contribution is 0.144. The average molecular weight is 268 g/mol. The molecule has 20 heavy (non-hydrogen) atoms. The van der Waals surface area contributed by atoms with Gasteiger partial charge in [-0.1, -0.05) is 24.3 Å². The molecule has 0 spiro atoms. The minimum absolute atomic E-state index is 0.417. The Morgan fingerprint density at radius 3 is 2.80 bits per heavy atom. The third-order valence-electron chi connectivity index (χ3n) is 4.10. The van der Waals surface area contributed by atoms with Crippen molar-refractivity contribution in [1.82, 2.24) is 9.97 Å². The maximum Gasteiger partial charge on any atom is 0.156 e. The van der Waals surface area contributed by atoms with Gasteiger partial charge in [-0.2, -0.15) is 0 Å². The van der Waals surface area contributed by atoms with E-state index in [1.165, 1.54) is 17.5 Å². The van der Waals surface area contributed by atoms with Gasteiger partial charge in [0.15, 0.2) is 5.82 Å². The van der Waals surface area contributed by atoms with Gasteiger partial charge in [0.25, 0.3) is 0 Å². The van der Waals surface area contributed by atoms with Crippen molar-refractivity contribution in [2.45, 2.75) is 44.6 Å². The van der Waals surface area contributed by atoms with E-state index in [-0.39, 0.29) is 0 Å². The summed E-state index contributed by atoms with van der Waals surface area (Å²) >= 11 is 0. The molecule has 0 saturated heterocycles. The standard InChI is InChI=1S/C17H20N2O/c1-12-10-18-17(19-11-12)16(20)9-14-7-4-6-13-5-2-3-8-15(13)14/h2-3,5,8,10-11,14,16,20H,4,6-7,9H2,1H3. The maximum absolute atomic E-state index is 10.4. The summed E-state index contributed by atoms with van der Waals surface area (Å²) in [6, 6.07) is 8.59. The highest BCUT2D eigenvalue weighted by Crippen LogP contribution is 2.36. The number of benzene rings is 1. The van der Waals surface area contributed by atoms with E-state index in [1.54, 1.807) is 12.4 Å². The molecule has 1 aliphatic carbocycles. The van der Waals surface area contributed by atoms with Crippen molar-refractivity contribution in [2.75, 3.05) is 0 Å². The number of aryl methyl sites for hydroxylation is 2. The molecule has 0 fully saturated rings. The molecule has 3 nitrogen and oxygen atoms in total. The Kier molecular flexibility index (Phi) is 3.79. The smallest absolute Gasteiger partial charge is 0.156 e. The summed E-state index contributed by atoms with van der Waals surface area (Å²) < 4.78 is 0. The molecule has 1 aliphatic rings. The number of aliphatic hydroxyl groups is 1. The van der Waals surface area contributed by atoms with Crippen molar-refractivity contribution in [3.63, 3.8) is 0 Å². The van der Waals surface area contributed by atoms with Crippen LogP contribution >= 0.6 is 0 Å². The maximum atomic E-state index is 10.4. The number of aliphatic hydroxyl groups excluding tert-OH is 1. The first-order valence-electron chi connectivity index (χ1n) is 7.28. The van der Waals surface area contributed by atoms with E-state index < -0.39 is 6.10 Å². The first kappa shape index (κ1) is 13.3. The van der Waals surface area contributed by atoms with Gasteiger partial charge in [-0.25, -0.2) is 9.97 Å². The molecule has 1 N–H and O–H groups in total. The molecule has 2 unspecified atom stereocenters. The molecule has 2 aromatic rings. The molecular weight excluding hydrogens is 248 g/mol. The highest BCUT2D eigenvalue weighted by molar-refractivity contribution is 5.32. The number of fused-ring (bicyclic) bond motifs is 1. The van der Waals surface area contributed by atoms with Gasteiger partial charge in [-0.15, -0.1) is 0 Å². The summed E-state index contributed by atoms with van der Waals surface area (Å²) in [5.41, 5.74) is 3.84. The highest BCUT2D eigenvalue weighted by atomic mass is 16.3. The fourth-order valence-corrected chi connectivity index (χ4v) is 3.05. The summed E-state index contributed by atoms with van der Waals surface area (Å²) in [6.45, 7) is 1.95. The van der Waals surface area contributed by atoms with Crippen LogP contribution in [0.15, 0.2) is 36.7 Å². The van der Waals surface area contributed by atoms with Crippen LogP contribution in [0.4, 0.5) is 0 Å². The van der Waals surface area contributed by atoms with Gasteiger partial charge in [0.05, 0.1) is 0 Å². The zero-order valence-electron chi connectivity index (χ0n) is 11.8. The van der Waals surface area contributed by atoms with E-state index in [2.05, 4.69) is 34.2 Å². The Morgan fingerprint density at radius 1 is 1.25 bits per heavy atom. The molecule has 1 heterocycles. The van der Waals surface area contributed by atoms with Gasteiger partial charge in [0.1, 0.15) is 6.10 Å². The zero-order chi connectivity index (χ0) is 13.9. The number of aromatic nitrogens is 2. The summed E-state index contributed by atoms with van der Waals surface area (Å²) in [5.74, 6) is 0.957. The SMILES string of the molecule is Cc1cnc(C(O)CC2CCCc3ccccc32)nc1. The van der Waals surface area contributed by atoms with Crippen LogP contribution in [-0.2, 0) is 6.42 Å². The second-order valence-corrected chi connectivity index (χ2v) is 5.66. The van der Waals surface area contributed by atoms with E-state index in [0.29, 0.717) is 18.2 Å². The van der Waals surface area contributed by atoms with Gasteiger partial charge in [0, 0.05) is 12.4 Å². The lowest BCUT2D eigenvalue weighted by Crippen LogP contribution is -2.14. The average Bonchev–Trinajstić information content (AvgIpc) is 2.48. The van der Waals surface area contributed by atoms with E-state index >= 15 is 0 Å². The van der Waals surface area contributed by atoms with Crippen LogP contribution < -0.4 is 0 Å². The fourth-order valence-electron chi connectivity index (χ4n) is 3.05. The van der Waals surface area contributed by atoms with Crippen LogP contribution in [0, 0.1) is 6.92 Å². The third-order valence-corrected chi connectivity index (χ3v) is 4.10. The molecule has 0 saturated carbocycles. The van der Waals surface area contributed by atoms with Crippen LogP contribution in [0.1, 0.15) is 53.8 Å². The summed E-state index contributed by atoms with van der Waals surface area (Å²) in [6.07, 6.45) is 7.15. The van der Waals surface area contributed by atoms with Crippen molar-refractivity contribution >= 4 is 0 Å². The van der Waals surface area contributed by atoms with Crippen LogP contribution in [0.3, 0.4) is 0 Å². The minimum Gasteiger partial charge on any atom is -0.385 e. The normalized spacial score (nSPS) is 19.4. The predicted octanol–water partition coefficient (Wildman–Crippen LogP) is 3.33. The van der Waals surface area contributed by atoms with Gasteiger partial charge in [-0.3, -0.25) is 0 Å². The summed E-state index contributed by atoms with van der Waals surface area (Å²) in [5, 5.41) is 10.4. The van der Waals surface area contributed by atoms with Gasteiger partial charge in [-0.05, 0) is 55.2 Å². The summed E-state index contributed by atoms with van der Waals surface area (Å²) in [4.78, 5) is 8.48. The van der Waals surface area contributed by atoms with E-state index in [0.717, 1.165) is 18.4 Å². The molecule has 0 bridgehead atoms. The van der Waals surface area contributed by atoms with Crippen molar-refractivity contribution < 1.29 is 5.11 Å². The molecule has 1 aromatic carbocycles. The van der Waals surface area contributed by atoms with Crippen molar-refractivity contribution in [3.05, 3.63) is 59.2 Å². The molecule has 2 atom stereocenters. The second-order valence-electron chi connectivity index (χ2n) is 5.66. The minimum atomic E-state index is -0.577. The Morgan fingerprint density at radius 2 is 2.00 bits per heavy atom. The monoisotopic (exact) mass is 268 g/mol.